The van der Waals surface area contributed by atoms with Crippen LogP contribution in [-0.4, -0.2) is 30.8 Å². The number of halogens is 1. The van der Waals surface area contributed by atoms with Crippen LogP contribution in [0.5, 0.6) is 5.75 Å². The van der Waals surface area contributed by atoms with Crippen LogP contribution in [-0.2, 0) is 0 Å². The van der Waals surface area contributed by atoms with Crippen LogP contribution >= 0.6 is 11.6 Å². The Hall–Kier alpha value is -1.26. The molecule has 0 radical (unpaired) electrons. The van der Waals surface area contributed by atoms with Crippen LogP contribution in [0.2, 0.25) is 5.02 Å². The molecule has 1 aromatic rings. The summed E-state index contributed by atoms with van der Waals surface area (Å²) in [6.07, 6.45) is 0.127. The molecule has 5 heteroatoms. The van der Waals surface area contributed by atoms with Gasteiger partial charge < -0.3 is 15.2 Å². The van der Waals surface area contributed by atoms with Crippen LogP contribution in [0.3, 0.4) is 0 Å². The van der Waals surface area contributed by atoms with Crippen LogP contribution in [0.1, 0.15) is 30.6 Å². The van der Waals surface area contributed by atoms with E-state index >= 15 is 0 Å². The second kappa shape index (κ2) is 7.36. The molecule has 0 fully saturated rings. The highest BCUT2D eigenvalue weighted by atomic mass is 35.5. The molecule has 106 valence electrons. The molecule has 1 amide bonds. The highest BCUT2D eigenvalue weighted by Gasteiger charge is 2.12. The lowest BCUT2D eigenvalue weighted by Crippen LogP contribution is -2.32. The van der Waals surface area contributed by atoms with E-state index in [-0.39, 0.29) is 12.5 Å². The number of amides is 1. The molecule has 0 bridgehead atoms. The maximum atomic E-state index is 11.9. The monoisotopic (exact) mass is 285 g/mol. The SMILES string of the molecule is COc1cc(C(=O)NCC(O)CC(C)C)ccc1Cl. The molecule has 0 heterocycles. The number of aliphatic hydroxyl groups excluding tert-OH is 1. The van der Waals surface area contributed by atoms with Crippen LogP contribution in [0.4, 0.5) is 0 Å². The standard InChI is InChI=1S/C14H20ClNO3/c1-9(2)6-11(17)8-16-14(18)10-4-5-12(15)13(7-10)19-3/h4-5,7,9,11,17H,6,8H2,1-3H3,(H,16,18). The molecule has 0 aromatic heterocycles. The second-order valence-corrected chi connectivity index (χ2v) is 5.25. The lowest BCUT2D eigenvalue weighted by molar-refractivity contribution is 0.0900. The van der Waals surface area contributed by atoms with Gasteiger partial charge in [-0.2, -0.15) is 0 Å². The molecule has 19 heavy (non-hydrogen) atoms. The molecule has 0 saturated carbocycles. The molecule has 0 aliphatic carbocycles. The van der Waals surface area contributed by atoms with Crippen molar-refractivity contribution in [3.05, 3.63) is 28.8 Å². The maximum absolute atomic E-state index is 11.9. The number of ether oxygens (including phenoxy) is 1. The molecule has 2 N–H and O–H groups in total. The van der Waals surface area contributed by atoms with Crippen molar-refractivity contribution in [1.29, 1.82) is 0 Å². The summed E-state index contributed by atoms with van der Waals surface area (Å²) in [4.78, 5) is 11.9. The summed E-state index contributed by atoms with van der Waals surface area (Å²) in [7, 11) is 1.50. The molecule has 0 spiro atoms. The van der Waals surface area contributed by atoms with Crippen LogP contribution in [0, 0.1) is 5.92 Å². The van der Waals surface area contributed by atoms with E-state index in [1.54, 1.807) is 18.2 Å². The third-order valence-corrected chi connectivity index (χ3v) is 2.97. The zero-order valence-electron chi connectivity index (χ0n) is 11.4. The zero-order chi connectivity index (χ0) is 14.4. The Kier molecular flexibility index (Phi) is 6.12. The van der Waals surface area contributed by atoms with Crippen molar-refractivity contribution >= 4 is 17.5 Å². The number of hydrogen-bond donors (Lipinski definition) is 2. The molecular weight excluding hydrogens is 266 g/mol. The quantitative estimate of drug-likeness (QED) is 0.844. The first-order valence-corrected chi connectivity index (χ1v) is 6.61. The first-order valence-electron chi connectivity index (χ1n) is 6.23. The highest BCUT2D eigenvalue weighted by Crippen LogP contribution is 2.24. The fourth-order valence-electron chi connectivity index (χ4n) is 1.74. The van der Waals surface area contributed by atoms with Gasteiger partial charge in [0.1, 0.15) is 5.75 Å². The number of carbonyl (C=O) groups excluding carboxylic acids is 1. The molecule has 1 unspecified atom stereocenters. The van der Waals surface area contributed by atoms with Crippen LogP contribution in [0.25, 0.3) is 0 Å². The lowest BCUT2D eigenvalue weighted by Gasteiger charge is -2.14. The first-order chi connectivity index (χ1) is 8.93. The topological polar surface area (TPSA) is 58.6 Å². The summed E-state index contributed by atoms with van der Waals surface area (Å²) in [5, 5.41) is 12.8. The molecule has 1 aromatic carbocycles. The Morgan fingerprint density at radius 1 is 1.47 bits per heavy atom. The molecule has 4 nitrogen and oxygen atoms in total. The minimum absolute atomic E-state index is 0.238. The fraction of sp³-hybridized carbons (Fsp3) is 0.500. The van der Waals surface area contributed by atoms with Gasteiger partial charge in [-0.1, -0.05) is 25.4 Å². The van der Waals surface area contributed by atoms with Crippen molar-refractivity contribution < 1.29 is 14.6 Å². The summed E-state index contributed by atoms with van der Waals surface area (Å²) in [5.74, 6) is 0.595. The van der Waals surface area contributed by atoms with E-state index in [0.29, 0.717) is 28.7 Å². The number of carbonyl (C=O) groups is 1. The van der Waals surface area contributed by atoms with Crippen molar-refractivity contribution in [2.45, 2.75) is 26.4 Å². The van der Waals surface area contributed by atoms with Gasteiger partial charge in [-0.15, -0.1) is 0 Å². The van der Waals surface area contributed by atoms with Crippen molar-refractivity contribution in [3.63, 3.8) is 0 Å². The minimum atomic E-state index is -0.529. The van der Waals surface area contributed by atoms with Crippen LogP contribution < -0.4 is 10.1 Å². The van der Waals surface area contributed by atoms with E-state index in [1.807, 2.05) is 13.8 Å². The third-order valence-electron chi connectivity index (χ3n) is 2.66. The highest BCUT2D eigenvalue weighted by molar-refractivity contribution is 6.32. The summed E-state index contributed by atoms with van der Waals surface area (Å²) < 4.78 is 5.05. The number of benzene rings is 1. The number of methoxy groups -OCH3 is 1. The lowest BCUT2D eigenvalue weighted by atomic mass is 10.1. The van der Waals surface area contributed by atoms with Gasteiger partial charge >= 0.3 is 0 Å². The zero-order valence-corrected chi connectivity index (χ0v) is 12.2. The molecule has 0 aliphatic heterocycles. The number of hydrogen-bond acceptors (Lipinski definition) is 3. The normalized spacial score (nSPS) is 12.3. The van der Waals surface area contributed by atoms with Gasteiger partial charge in [-0.25, -0.2) is 0 Å². The molecule has 1 rings (SSSR count). The number of aliphatic hydroxyl groups is 1. The average molecular weight is 286 g/mol. The van der Waals surface area contributed by atoms with Crippen molar-refractivity contribution in [1.82, 2.24) is 5.32 Å². The van der Waals surface area contributed by atoms with E-state index in [4.69, 9.17) is 16.3 Å². The first kappa shape index (κ1) is 15.8. The third kappa shape index (κ3) is 5.09. The number of rotatable bonds is 6. The van der Waals surface area contributed by atoms with E-state index in [9.17, 15) is 9.90 Å². The Bertz CT molecular complexity index is 435. The van der Waals surface area contributed by atoms with Gasteiger partial charge in [-0.05, 0) is 30.5 Å². The molecule has 0 aliphatic rings. The van der Waals surface area contributed by atoms with E-state index in [1.165, 1.54) is 7.11 Å². The fourth-order valence-corrected chi connectivity index (χ4v) is 1.94. The minimum Gasteiger partial charge on any atom is -0.495 e. The Balaban J connectivity index is 2.58. The van der Waals surface area contributed by atoms with Crippen molar-refractivity contribution in [2.24, 2.45) is 5.92 Å². The smallest absolute Gasteiger partial charge is 0.251 e. The van der Waals surface area contributed by atoms with Gasteiger partial charge in [0.05, 0.1) is 18.2 Å². The molecule has 0 saturated heterocycles. The van der Waals surface area contributed by atoms with Gasteiger partial charge in [0.15, 0.2) is 0 Å². The summed E-state index contributed by atoms with van der Waals surface area (Å²) in [6, 6.07) is 4.81. The molecular formula is C14H20ClNO3. The van der Waals surface area contributed by atoms with Crippen molar-refractivity contribution in [3.8, 4) is 5.75 Å². The van der Waals surface area contributed by atoms with Gasteiger partial charge in [0.2, 0.25) is 0 Å². The van der Waals surface area contributed by atoms with Gasteiger partial charge in [0.25, 0.3) is 5.91 Å². The second-order valence-electron chi connectivity index (χ2n) is 4.84. The van der Waals surface area contributed by atoms with Crippen LogP contribution in [0.15, 0.2) is 18.2 Å². The Labute approximate surface area is 118 Å². The number of nitrogens with one attached hydrogen (secondary N) is 1. The summed E-state index contributed by atoms with van der Waals surface area (Å²) in [6.45, 7) is 4.28. The average Bonchev–Trinajstić information content (AvgIpc) is 2.35. The Morgan fingerprint density at radius 2 is 2.16 bits per heavy atom. The maximum Gasteiger partial charge on any atom is 0.251 e. The van der Waals surface area contributed by atoms with E-state index in [0.717, 1.165) is 0 Å². The Morgan fingerprint density at radius 3 is 2.74 bits per heavy atom. The summed E-state index contributed by atoms with van der Waals surface area (Å²) in [5.41, 5.74) is 0.456. The predicted molar refractivity (Wildman–Crippen MR) is 75.8 cm³/mol. The predicted octanol–water partition coefficient (Wildman–Crippen LogP) is 2.49. The molecule has 1 atom stereocenters. The van der Waals surface area contributed by atoms with E-state index < -0.39 is 6.10 Å². The largest absolute Gasteiger partial charge is 0.495 e. The summed E-state index contributed by atoms with van der Waals surface area (Å²) >= 11 is 5.89. The van der Waals surface area contributed by atoms with Gasteiger partial charge in [0, 0.05) is 12.1 Å². The van der Waals surface area contributed by atoms with E-state index in [2.05, 4.69) is 5.32 Å². The van der Waals surface area contributed by atoms with Gasteiger partial charge in [-0.3, -0.25) is 4.79 Å². The van der Waals surface area contributed by atoms with Crippen molar-refractivity contribution in [2.75, 3.05) is 13.7 Å².